The Morgan fingerprint density at radius 2 is 2.19 bits per heavy atom. The molecule has 1 heterocycles. The summed E-state index contributed by atoms with van der Waals surface area (Å²) in [6.45, 7) is 0. The first-order chi connectivity index (χ1) is 7.68. The average molecular weight is 242 g/mol. The van der Waals surface area contributed by atoms with Gasteiger partial charge in [0.1, 0.15) is 11.8 Å². The van der Waals surface area contributed by atoms with Crippen LogP contribution in [-0.4, -0.2) is 14.7 Å². The zero-order valence-electron chi connectivity index (χ0n) is 8.10. The number of hydrogen-bond donors (Lipinski definition) is 1. The van der Waals surface area contributed by atoms with Crippen LogP contribution in [-0.2, 0) is 6.42 Å². The fourth-order valence-corrected chi connectivity index (χ4v) is 1.84. The molecular weight excluding hydrogens is 234 g/mol. The Balaban J connectivity index is 2.18. The lowest BCUT2D eigenvalue weighted by atomic mass is 10.1. The van der Waals surface area contributed by atoms with Gasteiger partial charge in [0.15, 0.2) is 11.6 Å². The number of hydrogen-bond acceptors (Lipinski definition) is 4. The van der Waals surface area contributed by atoms with Crippen LogP contribution in [0.1, 0.15) is 17.4 Å². The summed E-state index contributed by atoms with van der Waals surface area (Å²) in [5.41, 5.74) is 0.495. The molecule has 0 aliphatic heterocycles. The topological polar surface area (TPSA) is 46.0 Å². The van der Waals surface area contributed by atoms with Crippen molar-refractivity contribution in [3.8, 4) is 0 Å². The van der Waals surface area contributed by atoms with Gasteiger partial charge in [0, 0.05) is 11.8 Å². The summed E-state index contributed by atoms with van der Waals surface area (Å²) < 4.78 is 29.8. The number of benzene rings is 1. The van der Waals surface area contributed by atoms with Crippen molar-refractivity contribution in [1.29, 1.82) is 0 Å². The molecule has 0 fully saturated rings. The molecule has 0 saturated carbocycles. The van der Waals surface area contributed by atoms with E-state index in [2.05, 4.69) is 9.59 Å². The van der Waals surface area contributed by atoms with Crippen LogP contribution in [0, 0.1) is 11.6 Å². The SMILES string of the molecule is OC(Cc1cccc(F)c1F)c1csnn1. The van der Waals surface area contributed by atoms with Gasteiger partial charge in [0.05, 0.1) is 0 Å². The molecule has 0 spiro atoms. The molecule has 0 aliphatic carbocycles. The number of aliphatic hydroxyl groups excluding tert-OH is 1. The van der Waals surface area contributed by atoms with Gasteiger partial charge >= 0.3 is 0 Å². The number of rotatable bonds is 3. The molecule has 0 saturated heterocycles. The molecule has 0 bridgehead atoms. The highest BCUT2D eigenvalue weighted by Gasteiger charge is 2.15. The highest BCUT2D eigenvalue weighted by molar-refractivity contribution is 7.03. The molecule has 0 radical (unpaired) electrons. The maximum absolute atomic E-state index is 13.3. The molecule has 1 atom stereocenters. The molecule has 3 nitrogen and oxygen atoms in total. The molecule has 0 amide bonds. The zero-order chi connectivity index (χ0) is 11.5. The molecule has 2 aromatic rings. The van der Waals surface area contributed by atoms with Gasteiger partial charge in [-0.1, -0.05) is 16.6 Å². The second-order valence-electron chi connectivity index (χ2n) is 3.26. The summed E-state index contributed by atoms with van der Waals surface area (Å²) in [4.78, 5) is 0. The number of nitrogens with zero attached hydrogens (tertiary/aromatic N) is 2. The maximum Gasteiger partial charge on any atom is 0.162 e. The molecule has 16 heavy (non-hydrogen) atoms. The Labute approximate surface area is 94.5 Å². The molecule has 84 valence electrons. The van der Waals surface area contributed by atoms with E-state index in [0.717, 1.165) is 17.6 Å². The lowest BCUT2D eigenvalue weighted by Gasteiger charge is -2.08. The van der Waals surface area contributed by atoms with Crippen molar-refractivity contribution in [3.63, 3.8) is 0 Å². The van der Waals surface area contributed by atoms with Crippen molar-refractivity contribution in [2.75, 3.05) is 0 Å². The smallest absolute Gasteiger partial charge is 0.162 e. The summed E-state index contributed by atoms with van der Waals surface area (Å²) in [5, 5.41) is 14.9. The van der Waals surface area contributed by atoms with Crippen LogP contribution in [0.15, 0.2) is 23.6 Å². The second-order valence-corrected chi connectivity index (χ2v) is 3.87. The Kier molecular flexibility index (Phi) is 3.21. The standard InChI is InChI=1S/C10H8F2N2OS/c11-7-3-1-2-6(10(7)12)4-9(15)8-5-16-14-13-8/h1-3,5,9,15H,4H2. The van der Waals surface area contributed by atoms with E-state index in [1.807, 2.05) is 0 Å². The summed E-state index contributed by atoms with van der Waals surface area (Å²) >= 11 is 1.10. The first-order valence-electron chi connectivity index (χ1n) is 4.56. The van der Waals surface area contributed by atoms with E-state index in [1.165, 1.54) is 12.1 Å². The van der Waals surface area contributed by atoms with Gasteiger partial charge < -0.3 is 5.11 Å². The Bertz CT molecular complexity index is 476. The van der Waals surface area contributed by atoms with Crippen molar-refractivity contribution < 1.29 is 13.9 Å². The minimum atomic E-state index is -0.963. The Morgan fingerprint density at radius 3 is 2.88 bits per heavy atom. The van der Waals surface area contributed by atoms with Crippen molar-refractivity contribution in [1.82, 2.24) is 9.59 Å². The summed E-state index contributed by atoms with van der Waals surface area (Å²) in [6, 6.07) is 3.87. The van der Waals surface area contributed by atoms with Gasteiger partial charge in [-0.25, -0.2) is 8.78 Å². The van der Waals surface area contributed by atoms with Crippen LogP contribution in [0.4, 0.5) is 8.78 Å². The molecule has 1 aromatic heterocycles. The normalized spacial score (nSPS) is 12.7. The van der Waals surface area contributed by atoms with Crippen LogP contribution in [0.25, 0.3) is 0 Å². The zero-order valence-corrected chi connectivity index (χ0v) is 8.92. The van der Waals surface area contributed by atoms with E-state index in [-0.39, 0.29) is 12.0 Å². The highest BCUT2D eigenvalue weighted by atomic mass is 32.1. The summed E-state index contributed by atoms with van der Waals surface area (Å²) in [5.74, 6) is -1.84. The van der Waals surface area contributed by atoms with E-state index in [4.69, 9.17) is 0 Å². The fourth-order valence-electron chi connectivity index (χ4n) is 1.34. The van der Waals surface area contributed by atoms with Crippen LogP contribution < -0.4 is 0 Å². The summed E-state index contributed by atoms with van der Waals surface area (Å²) in [7, 11) is 0. The van der Waals surface area contributed by atoms with E-state index in [0.29, 0.717) is 5.69 Å². The van der Waals surface area contributed by atoms with Crippen molar-refractivity contribution in [2.24, 2.45) is 0 Å². The molecule has 0 aliphatic rings. The Morgan fingerprint density at radius 1 is 1.38 bits per heavy atom. The van der Waals surface area contributed by atoms with Crippen LogP contribution in [0.5, 0.6) is 0 Å². The maximum atomic E-state index is 13.3. The minimum Gasteiger partial charge on any atom is -0.386 e. The third kappa shape index (κ3) is 2.23. The van der Waals surface area contributed by atoms with E-state index in [9.17, 15) is 13.9 Å². The highest BCUT2D eigenvalue weighted by Crippen LogP contribution is 2.20. The van der Waals surface area contributed by atoms with Crippen molar-refractivity contribution in [2.45, 2.75) is 12.5 Å². The average Bonchev–Trinajstić information content (AvgIpc) is 2.78. The first-order valence-corrected chi connectivity index (χ1v) is 5.40. The van der Waals surface area contributed by atoms with Crippen LogP contribution in [0.3, 0.4) is 0 Å². The molecular formula is C10H8F2N2OS. The van der Waals surface area contributed by atoms with Gasteiger partial charge in [-0.2, -0.15) is 0 Å². The first kappa shape index (κ1) is 11.1. The second kappa shape index (κ2) is 4.63. The van der Waals surface area contributed by atoms with Gasteiger partial charge in [-0.3, -0.25) is 0 Å². The lowest BCUT2D eigenvalue weighted by molar-refractivity contribution is 0.172. The molecule has 6 heteroatoms. The third-order valence-corrected chi connectivity index (χ3v) is 2.69. The molecule has 2 rings (SSSR count). The van der Waals surface area contributed by atoms with E-state index < -0.39 is 17.7 Å². The molecule has 1 aromatic carbocycles. The Hall–Kier alpha value is -1.40. The minimum absolute atomic E-state index is 0.0188. The van der Waals surface area contributed by atoms with Crippen LogP contribution >= 0.6 is 11.5 Å². The lowest BCUT2D eigenvalue weighted by Crippen LogP contribution is -2.05. The number of aromatic nitrogens is 2. The van der Waals surface area contributed by atoms with Gasteiger partial charge in [0.2, 0.25) is 0 Å². The predicted molar refractivity (Wildman–Crippen MR) is 54.9 cm³/mol. The van der Waals surface area contributed by atoms with Gasteiger partial charge in [-0.05, 0) is 23.2 Å². The predicted octanol–water partition coefficient (Wildman–Crippen LogP) is 2.09. The number of halogens is 2. The van der Waals surface area contributed by atoms with Crippen LogP contribution in [0.2, 0.25) is 0 Å². The molecule has 1 unspecified atom stereocenters. The van der Waals surface area contributed by atoms with Gasteiger partial charge in [0.25, 0.3) is 0 Å². The van der Waals surface area contributed by atoms with E-state index in [1.54, 1.807) is 5.38 Å². The summed E-state index contributed by atoms with van der Waals surface area (Å²) in [6.07, 6.45) is -0.982. The fraction of sp³-hybridized carbons (Fsp3) is 0.200. The monoisotopic (exact) mass is 242 g/mol. The number of aliphatic hydroxyl groups is 1. The third-order valence-electron chi connectivity index (χ3n) is 2.16. The van der Waals surface area contributed by atoms with Crippen molar-refractivity contribution in [3.05, 3.63) is 46.5 Å². The van der Waals surface area contributed by atoms with Gasteiger partial charge in [-0.15, -0.1) is 5.10 Å². The van der Waals surface area contributed by atoms with Crippen molar-refractivity contribution >= 4 is 11.5 Å². The molecule has 1 N–H and O–H groups in total. The van der Waals surface area contributed by atoms with E-state index >= 15 is 0 Å². The quantitative estimate of drug-likeness (QED) is 0.896. The largest absolute Gasteiger partial charge is 0.386 e.